The minimum absolute atomic E-state index is 0.0804. The largest absolute Gasteiger partial charge is 0.394 e. The summed E-state index contributed by atoms with van der Waals surface area (Å²) < 4.78 is 5.72. The number of nitrogens with one attached hydrogen (secondary N) is 1. The Labute approximate surface area is 121 Å². The fourth-order valence-corrected chi connectivity index (χ4v) is 2.71. The fourth-order valence-electron chi connectivity index (χ4n) is 2.71. The third kappa shape index (κ3) is 3.95. The zero-order chi connectivity index (χ0) is 14.4. The number of hydrogen-bond acceptors (Lipinski definition) is 4. The van der Waals surface area contributed by atoms with Gasteiger partial charge in [-0.05, 0) is 31.5 Å². The van der Waals surface area contributed by atoms with Crippen LogP contribution in [0.15, 0.2) is 24.3 Å². The van der Waals surface area contributed by atoms with Crippen molar-refractivity contribution in [3.05, 3.63) is 29.8 Å². The molecule has 20 heavy (non-hydrogen) atoms. The third-order valence-corrected chi connectivity index (χ3v) is 3.60. The summed E-state index contributed by atoms with van der Waals surface area (Å²) in [6.07, 6.45) is 1.21. The molecule has 1 aliphatic heterocycles. The number of aliphatic hydroxyl groups excluding tert-OH is 1. The van der Waals surface area contributed by atoms with Gasteiger partial charge in [0.25, 0.3) is 0 Å². The molecule has 0 spiro atoms. The van der Waals surface area contributed by atoms with E-state index in [-0.39, 0.29) is 18.8 Å². The van der Waals surface area contributed by atoms with Gasteiger partial charge in [0.05, 0.1) is 18.8 Å². The smallest absolute Gasteiger partial charge is 0.0984 e. The normalized spacial score (nSPS) is 23.1. The van der Waals surface area contributed by atoms with Gasteiger partial charge >= 0.3 is 0 Å². The van der Waals surface area contributed by atoms with Crippen molar-refractivity contribution in [2.24, 2.45) is 0 Å². The van der Waals surface area contributed by atoms with Crippen LogP contribution in [0.1, 0.15) is 25.8 Å². The van der Waals surface area contributed by atoms with Crippen LogP contribution in [0.25, 0.3) is 0 Å². The zero-order valence-electron chi connectivity index (χ0n) is 12.5. The molecule has 2 unspecified atom stereocenters. The van der Waals surface area contributed by atoms with Gasteiger partial charge in [0.15, 0.2) is 0 Å². The summed E-state index contributed by atoms with van der Waals surface area (Å²) in [4.78, 5) is 2.33. The SMILES string of the molecule is CCCNCc1ccccc1N1CC(C)OC(CO)C1. The Morgan fingerprint density at radius 3 is 2.90 bits per heavy atom. The van der Waals surface area contributed by atoms with Gasteiger partial charge in [-0.3, -0.25) is 0 Å². The zero-order valence-corrected chi connectivity index (χ0v) is 12.5. The molecule has 1 aromatic rings. The number of nitrogens with zero attached hydrogens (tertiary/aromatic N) is 1. The Morgan fingerprint density at radius 1 is 1.35 bits per heavy atom. The summed E-state index contributed by atoms with van der Waals surface area (Å²) in [7, 11) is 0. The van der Waals surface area contributed by atoms with E-state index >= 15 is 0 Å². The summed E-state index contributed by atoms with van der Waals surface area (Å²) in [5, 5.41) is 12.8. The number of para-hydroxylation sites is 1. The highest BCUT2D eigenvalue weighted by atomic mass is 16.5. The Hall–Kier alpha value is -1.10. The van der Waals surface area contributed by atoms with Crippen LogP contribution in [0.3, 0.4) is 0 Å². The maximum Gasteiger partial charge on any atom is 0.0984 e. The van der Waals surface area contributed by atoms with Crippen molar-refractivity contribution in [1.29, 1.82) is 0 Å². The van der Waals surface area contributed by atoms with E-state index in [1.807, 2.05) is 0 Å². The van der Waals surface area contributed by atoms with E-state index in [2.05, 4.69) is 48.3 Å². The van der Waals surface area contributed by atoms with Crippen LogP contribution in [0.4, 0.5) is 5.69 Å². The van der Waals surface area contributed by atoms with Crippen LogP contribution in [0, 0.1) is 0 Å². The predicted octanol–water partition coefficient (Wildman–Crippen LogP) is 1.77. The molecule has 1 aromatic carbocycles. The fraction of sp³-hybridized carbons (Fsp3) is 0.625. The molecule has 4 nitrogen and oxygen atoms in total. The first-order chi connectivity index (χ1) is 9.74. The minimum atomic E-state index is -0.0876. The van der Waals surface area contributed by atoms with E-state index in [0.29, 0.717) is 0 Å². The molecular formula is C16H26N2O2. The summed E-state index contributed by atoms with van der Waals surface area (Å²) in [5.41, 5.74) is 2.57. The van der Waals surface area contributed by atoms with Crippen molar-refractivity contribution < 1.29 is 9.84 Å². The molecule has 0 saturated carbocycles. The molecule has 0 bridgehead atoms. The summed E-state index contributed by atoms with van der Waals surface area (Å²) >= 11 is 0. The van der Waals surface area contributed by atoms with Crippen molar-refractivity contribution in [3.63, 3.8) is 0 Å². The van der Waals surface area contributed by atoms with Crippen LogP contribution >= 0.6 is 0 Å². The summed E-state index contributed by atoms with van der Waals surface area (Å²) in [6.45, 7) is 7.87. The highest BCUT2D eigenvalue weighted by Gasteiger charge is 2.25. The van der Waals surface area contributed by atoms with E-state index in [1.165, 1.54) is 11.3 Å². The first-order valence-corrected chi connectivity index (χ1v) is 7.54. The van der Waals surface area contributed by atoms with Crippen LogP contribution in [0.2, 0.25) is 0 Å². The van der Waals surface area contributed by atoms with Gasteiger partial charge in [-0.2, -0.15) is 0 Å². The second-order valence-corrected chi connectivity index (χ2v) is 5.46. The van der Waals surface area contributed by atoms with Crippen molar-refractivity contribution in [1.82, 2.24) is 5.32 Å². The maximum absolute atomic E-state index is 9.35. The van der Waals surface area contributed by atoms with Gasteiger partial charge < -0.3 is 20.1 Å². The molecule has 2 N–H and O–H groups in total. The van der Waals surface area contributed by atoms with Gasteiger partial charge in [0.2, 0.25) is 0 Å². The number of benzene rings is 1. The van der Waals surface area contributed by atoms with Crippen LogP contribution < -0.4 is 10.2 Å². The monoisotopic (exact) mass is 278 g/mol. The maximum atomic E-state index is 9.35. The highest BCUT2D eigenvalue weighted by Crippen LogP contribution is 2.24. The van der Waals surface area contributed by atoms with Crippen LogP contribution in [-0.2, 0) is 11.3 Å². The second kappa shape index (κ2) is 7.62. The lowest BCUT2D eigenvalue weighted by Crippen LogP contribution is -2.48. The minimum Gasteiger partial charge on any atom is -0.394 e. The lowest BCUT2D eigenvalue weighted by molar-refractivity contribution is -0.0421. The molecule has 2 rings (SSSR count). The van der Waals surface area contributed by atoms with Gasteiger partial charge in [0, 0.05) is 25.3 Å². The van der Waals surface area contributed by atoms with Gasteiger partial charge in [0.1, 0.15) is 0 Å². The number of aliphatic hydroxyl groups is 1. The number of hydrogen-bond donors (Lipinski definition) is 2. The first kappa shape index (κ1) is 15.3. The molecule has 112 valence electrons. The molecule has 2 atom stereocenters. The van der Waals surface area contributed by atoms with E-state index in [1.54, 1.807) is 0 Å². The molecule has 1 saturated heterocycles. The molecule has 4 heteroatoms. The number of morpholine rings is 1. The van der Waals surface area contributed by atoms with Crippen LogP contribution in [0.5, 0.6) is 0 Å². The molecule has 1 heterocycles. The van der Waals surface area contributed by atoms with E-state index in [4.69, 9.17) is 4.74 Å². The summed E-state index contributed by atoms with van der Waals surface area (Å²) in [5.74, 6) is 0. The molecule has 0 amide bonds. The predicted molar refractivity (Wildman–Crippen MR) is 82.1 cm³/mol. The quantitative estimate of drug-likeness (QED) is 0.779. The molecule has 0 aromatic heterocycles. The summed E-state index contributed by atoms with van der Waals surface area (Å²) in [6, 6.07) is 8.49. The van der Waals surface area contributed by atoms with Gasteiger partial charge in [-0.15, -0.1) is 0 Å². The van der Waals surface area contributed by atoms with E-state index < -0.39 is 0 Å². The highest BCUT2D eigenvalue weighted by molar-refractivity contribution is 5.54. The average Bonchev–Trinajstić information content (AvgIpc) is 2.47. The van der Waals surface area contributed by atoms with Crippen molar-refractivity contribution >= 4 is 5.69 Å². The Balaban J connectivity index is 2.10. The van der Waals surface area contributed by atoms with E-state index in [0.717, 1.165) is 32.6 Å². The number of rotatable bonds is 6. The van der Waals surface area contributed by atoms with Gasteiger partial charge in [-0.1, -0.05) is 25.1 Å². The Kier molecular flexibility index (Phi) is 5.83. The first-order valence-electron chi connectivity index (χ1n) is 7.54. The lowest BCUT2D eigenvalue weighted by atomic mass is 10.1. The Bertz CT molecular complexity index is 411. The molecule has 0 radical (unpaired) electrons. The molecular weight excluding hydrogens is 252 g/mol. The molecule has 1 aliphatic rings. The van der Waals surface area contributed by atoms with Crippen molar-refractivity contribution in [2.75, 3.05) is 31.1 Å². The van der Waals surface area contributed by atoms with Crippen molar-refractivity contribution in [3.8, 4) is 0 Å². The van der Waals surface area contributed by atoms with Crippen molar-refractivity contribution in [2.45, 2.75) is 39.0 Å². The van der Waals surface area contributed by atoms with Gasteiger partial charge in [-0.25, -0.2) is 0 Å². The molecule has 1 fully saturated rings. The van der Waals surface area contributed by atoms with E-state index in [9.17, 15) is 5.11 Å². The average molecular weight is 278 g/mol. The van der Waals surface area contributed by atoms with Crippen LogP contribution in [-0.4, -0.2) is 43.6 Å². The number of anilines is 1. The second-order valence-electron chi connectivity index (χ2n) is 5.46. The number of ether oxygens (including phenoxy) is 1. The topological polar surface area (TPSA) is 44.7 Å². The standard InChI is InChI=1S/C16H26N2O2/c1-3-8-17-9-14-6-4-5-7-16(14)18-10-13(2)20-15(11-18)12-19/h4-7,13,15,17,19H,3,8-12H2,1-2H3. The Morgan fingerprint density at radius 2 is 2.15 bits per heavy atom. The lowest BCUT2D eigenvalue weighted by Gasteiger charge is -2.38. The molecule has 0 aliphatic carbocycles. The third-order valence-electron chi connectivity index (χ3n) is 3.60.